The van der Waals surface area contributed by atoms with E-state index in [1.807, 2.05) is 0 Å². The van der Waals surface area contributed by atoms with Crippen LogP contribution in [0.5, 0.6) is 0 Å². The minimum absolute atomic E-state index is 0.0472. The Morgan fingerprint density at radius 1 is 1.17 bits per heavy atom. The number of Topliss-reactive ketones (excluding diaryl/α,β-unsaturated/α-hetero) is 2. The lowest BCUT2D eigenvalue weighted by atomic mass is 10.0. The summed E-state index contributed by atoms with van der Waals surface area (Å²) in [5.74, 6) is -0.587. The second-order valence-corrected chi connectivity index (χ2v) is 5.50. The molecule has 122 valence electrons. The van der Waals surface area contributed by atoms with Gasteiger partial charge < -0.3 is 14.1 Å². The smallest absolute Gasteiger partial charge is 0.374 e. The van der Waals surface area contributed by atoms with Crippen molar-refractivity contribution in [1.29, 1.82) is 0 Å². The van der Waals surface area contributed by atoms with E-state index in [-0.39, 0.29) is 17.2 Å². The van der Waals surface area contributed by atoms with Crippen LogP contribution in [-0.4, -0.2) is 28.6 Å². The van der Waals surface area contributed by atoms with Crippen LogP contribution in [0.2, 0.25) is 0 Å². The van der Waals surface area contributed by atoms with Gasteiger partial charge in [-0.25, -0.2) is 4.79 Å². The largest absolute Gasteiger partial charge is 0.454 e. The first kappa shape index (κ1) is 16.7. The molecule has 0 fully saturated rings. The van der Waals surface area contributed by atoms with Crippen molar-refractivity contribution >= 4 is 17.5 Å². The predicted molar refractivity (Wildman–Crippen MR) is 82.9 cm³/mol. The molecule has 0 spiro atoms. The molecule has 0 aliphatic carbocycles. The highest BCUT2D eigenvalue weighted by Crippen LogP contribution is 2.21. The highest BCUT2D eigenvalue weighted by Gasteiger charge is 2.27. The molecule has 23 heavy (non-hydrogen) atoms. The first-order chi connectivity index (χ1) is 10.7. The van der Waals surface area contributed by atoms with E-state index in [0.717, 1.165) is 0 Å². The molecular weight excluding hydrogens is 298 g/mol. The number of ketones is 2. The van der Waals surface area contributed by atoms with Crippen molar-refractivity contribution in [2.75, 3.05) is 0 Å². The second kappa shape index (κ2) is 6.24. The number of H-pyrrole nitrogens is 1. The zero-order valence-electron chi connectivity index (χ0n) is 13.8. The number of aryl methyl sites for hydroxylation is 2. The predicted octanol–water partition coefficient (Wildman–Crippen LogP) is 3.16. The summed E-state index contributed by atoms with van der Waals surface area (Å²) in [6.45, 7) is 8.06. The Morgan fingerprint density at radius 2 is 1.83 bits per heavy atom. The van der Waals surface area contributed by atoms with Crippen molar-refractivity contribution in [2.24, 2.45) is 0 Å². The Morgan fingerprint density at radius 3 is 2.30 bits per heavy atom. The molecule has 2 rings (SSSR count). The highest BCUT2D eigenvalue weighted by molar-refractivity contribution is 6.05. The Kier molecular flexibility index (Phi) is 4.54. The van der Waals surface area contributed by atoms with E-state index >= 15 is 0 Å². The molecule has 1 atom stereocenters. The fourth-order valence-corrected chi connectivity index (χ4v) is 2.54. The number of hydrogen-bond acceptors (Lipinski definition) is 5. The molecule has 1 unspecified atom stereocenters. The number of nitrogens with one attached hydrogen (secondary N) is 1. The van der Waals surface area contributed by atoms with Gasteiger partial charge in [-0.1, -0.05) is 0 Å². The van der Waals surface area contributed by atoms with Crippen molar-refractivity contribution in [2.45, 2.75) is 40.7 Å². The standard InChI is InChI=1S/C17H19NO5/c1-8-6-7-13(22-8)17(21)23-12(5)16(20)15-9(2)14(11(4)19)10(3)18-15/h6-7,12,18H,1-5H3. The molecule has 0 aliphatic heterocycles. The third kappa shape index (κ3) is 3.26. The number of furan rings is 1. The summed E-state index contributed by atoms with van der Waals surface area (Å²) in [7, 11) is 0. The number of aromatic amines is 1. The van der Waals surface area contributed by atoms with Gasteiger partial charge in [0.2, 0.25) is 11.5 Å². The van der Waals surface area contributed by atoms with Crippen molar-refractivity contribution in [3.8, 4) is 0 Å². The summed E-state index contributed by atoms with van der Waals surface area (Å²) in [6, 6.07) is 3.13. The fourth-order valence-electron chi connectivity index (χ4n) is 2.54. The molecule has 0 bridgehead atoms. The van der Waals surface area contributed by atoms with E-state index in [9.17, 15) is 14.4 Å². The van der Waals surface area contributed by atoms with Crippen molar-refractivity contribution < 1.29 is 23.5 Å². The maximum absolute atomic E-state index is 12.5. The molecule has 1 N–H and O–H groups in total. The SMILES string of the molecule is CC(=O)c1c(C)[nH]c(C(=O)C(C)OC(=O)c2ccc(C)o2)c1C. The van der Waals surface area contributed by atoms with Crippen LogP contribution in [0.1, 0.15) is 62.3 Å². The van der Waals surface area contributed by atoms with Crippen LogP contribution in [0.3, 0.4) is 0 Å². The summed E-state index contributed by atoms with van der Waals surface area (Å²) >= 11 is 0. The number of esters is 1. The lowest BCUT2D eigenvalue weighted by molar-refractivity contribution is 0.0286. The number of hydrogen-bond donors (Lipinski definition) is 1. The van der Waals surface area contributed by atoms with Crippen LogP contribution in [0, 0.1) is 20.8 Å². The van der Waals surface area contributed by atoms with Gasteiger partial charge in [-0.15, -0.1) is 0 Å². The van der Waals surface area contributed by atoms with Crippen LogP contribution in [0.25, 0.3) is 0 Å². The van der Waals surface area contributed by atoms with Gasteiger partial charge in [0.15, 0.2) is 11.9 Å². The third-order valence-electron chi connectivity index (χ3n) is 3.63. The van der Waals surface area contributed by atoms with Gasteiger partial charge in [0.25, 0.3) is 0 Å². The zero-order valence-corrected chi connectivity index (χ0v) is 13.8. The maximum Gasteiger partial charge on any atom is 0.374 e. The Bertz CT molecular complexity index is 781. The first-order valence-corrected chi connectivity index (χ1v) is 7.24. The van der Waals surface area contributed by atoms with E-state index in [4.69, 9.17) is 9.15 Å². The molecule has 2 heterocycles. The average molecular weight is 317 g/mol. The van der Waals surface area contributed by atoms with Gasteiger partial charge in [-0.3, -0.25) is 9.59 Å². The average Bonchev–Trinajstić information content (AvgIpc) is 3.01. The zero-order chi connectivity index (χ0) is 17.3. The molecule has 0 radical (unpaired) electrons. The van der Waals surface area contributed by atoms with E-state index in [2.05, 4.69) is 4.98 Å². The van der Waals surface area contributed by atoms with Gasteiger partial charge >= 0.3 is 5.97 Å². The quantitative estimate of drug-likeness (QED) is 0.676. The van der Waals surface area contributed by atoms with Gasteiger partial charge in [-0.05, 0) is 52.3 Å². The minimum atomic E-state index is -0.996. The van der Waals surface area contributed by atoms with Crippen LogP contribution in [-0.2, 0) is 4.74 Å². The monoisotopic (exact) mass is 317 g/mol. The molecule has 6 heteroatoms. The molecule has 2 aromatic heterocycles. The Balaban J connectivity index is 2.19. The Hall–Kier alpha value is -2.63. The number of ether oxygens (including phenoxy) is 1. The second-order valence-electron chi connectivity index (χ2n) is 5.50. The summed E-state index contributed by atoms with van der Waals surface area (Å²) in [4.78, 5) is 38.9. The van der Waals surface area contributed by atoms with Gasteiger partial charge in [0.05, 0.1) is 5.69 Å². The Labute approximate surface area is 133 Å². The molecule has 0 aromatic carbocycles. The molecule has 0 amide bonds. The first-order valence-electron chi connectivity index (χ1n) is 7.24. The van der Waals surface area contributed by atoms with Crippen LogP contribution in [0.4, 0.5) is 0 Å². The number of aromatic nitrogens is 1. The summed E-state index contributed by atoms with van der Waals surface area (Å²) in [6.07, 6.45) is -0.996. The van der Waals surface area contributed by atoms with Gasteiger partial charge in [-0.2, -0.15) is 0 Å². The van der Waals surface area contributed by atoms with E-state index < -0.39 is 17.9 Å². The van der Waals surface area contributed by atoms with Crippen molar-refractivity contribution in [1.82, 2.24) is 4.98 Å². The van der Waals surface area contributed by atoms with Gasteiger partial charge in [0, 0.05) is 11.3 Å². The van der Waals surface area contributed by atoms with Crippen LogP contribution >= 0.6 is 0 Å². The molecular formula is C17H19NO5. The summed E-state index contributed by atoms with van der Waals surface area (Å²) in [5, 5.41) is 0. The fraction of sp³-hybridized carbons (Fsp3) is 0.353. The normalized spacial score (nSPS) is 12.0. The van der Waals surface area contributed by atoms with E-state index in [0.29, 0.717) is 22.6 Å². The lowest BCUT2D eigenvalue weighted by Gasteiger charge is -2.11. The van der Waals surface area contributed by atoms with Crippen LogP contribution in [0.15, 0.2) is 16.5 Å². The summed E-state index contributed by atoms with van der Waals surface area (Å²) in [5.41, 5.74) is 1.97. The molecule has 0 aliphatic rings. The molecule has 6 nitrogen and oxygen atoms in total. The minimum Gasteiger partial charge on any atom is -0.454 e. The molecule has 0 saturated heterocycles. The molecule has 2 aromatic rings. The van der Waals surface area contributed by atoms with E-state index in [1.54, 1.807) is 26.8 Å². The topological polar surface area (TPSA) is 89.4 Å². The van der Waals surface area contributed by atoms with Crippen molar-refractivity contribution in [3.05, 3.63) is 46.2 Å². The van der Waals surface area contributed by atoms with Crippen LogP contribution < -0.4 is 0 Å². The van der Waals surface area contributed by atoms with E-state index in [1.165, 1.54) is 19.9 Å². The third-order valence-corrected chi connectivity index (χ3v) is 3.63. The maximum atomic E-state index is 12.5. The number of rotatable bonds is 5. The number of carbonyl (C=O) groups excluding carboxylic acids is 3. The summed E-state index contributed by atoms with van der Waals surface area (Å²) < 4.78 is 10.3. The highest BCUT2D eigenvalue weighted by atomic mass is 16.6. The lowest BCUT2D eigenvalue weighted by Crippen LogP contribution is -2.25. The number of carbonyl (C=O) groups is 3. The van der Waals surface area contributed by atoms with Crippen molar-refractivity contribution in [3.63, 3.8) is 0 Å². The van der Waals surface area contributed by atoms with Gasteiger partial charge in [0.1, 0.15) is 5.76 Å². The molecule has 0 saturated carbocycles.